The number of aryl methyl sites for hydroxylation is 1. The topological polar surface area (TPSA) is 53.5 Å². The van der Waals surface area contributed by atoms with Gasteiger partial charge in [-0.25, -0.2) is 4.39 Å². The van der Waals surface area contributed by atoms with Crippen LogP contribution in [-0.2, 0) is 16.1 Å². The molecular weight excluding hydrogens is 321 g/mol. The summed E-state index contributed by atoms with van der Waals surface area (Å²) in [5.74, 6) is -0.310. The summed E-state index contributed by atoms with van der Waals surface area (Å²) in [6.07, 6.45) is 2.94. The third kappa shape index (κ3) is 2.92. The van der Waals surface area contributed by atoms with Crippen LogP contribution in [0.4, 0.5) is 4.39 Å². The first kappa shape index (κ1) is 16.5. The third-order valence-corrected chi connectivity index (χ3v) is 5.84. The molecule has 0 radical (unpaired) electrons. The van der Waals surface area contributed by atoms with Gasteiger partial charge >= 0.3 is 0 Å². The Morgan fingerprint density at radius 2 is 2.04 bits per heavy atom. The Morgan fingerprint density at radius 3 is 2.76 bits per heavy atom. The van der Waals surface area contributed by atoms with Crippen LogP contribution in [0.2, 0.25) is 0 Å². The molecule has 3 aliphatic rings. The second-order valence-corrected chi connectivity index (χ2v) is 7.82. The molecule has 2 amide bonds. The zero-order valence-electron chi connectivity index (χ0n) is 14.6. The van der Waals surface area contributed by atoms with Gasteiger partial charge in [0.2, 0.25) is 5.91 Å². The maximum atomic E-state index is 14.2. The van der Waals surface area contributed by atoms with Gasteiger partial charge in [0.25, 0.3) is 5.91 Å². The van der Waals surface area contributed by atoms with E-state index in [0.717, 1.165) is 30.7 Å². The van der Waals surface area contributed by atoms with Gasteiger partial charge in [-0.15, -0.1) is 0 Å². The van der Waals surface area contributed by atoms with Crippen LogP contribution in [0.5, 0.6) is 0 Å². The van der Waals surface area contributed by atoms with Gasteiger partial charge in [-0.3, -0.25) is 14.6 Å². The number of carbonyl (C=O) groups excluding carboxylic acids is 2. The van der Waals surface area contributed by atoms with Crippen LogP contribution in [0.25, 0.3) is 0 Å². The first-order valence-electron chi connectivity index (χ1n) is 9.12. The summed E-state index contributed by atoms with van der Waals surface area (Å²) in [4.78, 5) is 33.4. The Hall–Kier alpha value is -1.98. The van der Waals surface area contributed by atoms with E-state index in [0.29, 0.717) is 39.0 Å². The second kappa shape index (κ2) is 5.78. The molecular formula is C19H24FN3O2. The van der Waals surface area contributed by atoms with Gasteiger partial charge in [-0.2, -0.15) is 0 Å². The molecule has 134 valence electrons. The number of alkyl halides is 1. The molecule has 6 heteroatoms. The second-order valence-electron chi connectivity index (χ2n) is 7.82. The number of carbonyl (C=O) groups is 2. The standard InChI is InChI=1S/C19H24FN3O2/c1-14-4-2-5-15(21-14)12-22-11-9-18(16(22)24)6-3-10-23(13-18)17(25)19(20)7-8-19/h2,4-5H,3,6-13H2,1H3. The average Bonchev–Trinajstić information content (AvgIpc) is 3.30. The van der Waals surface area contributed by atoms with Crippen molar-refractivity contribution < 1.29 is 14.0 Å². The summed E-state index contributed by atoms with van der Waals surface area (Å²) in [5, 5.41) is 0. The third-order valence-electron chi connectivity index (χ3n) is 5.84. The fourth-order valence-electron chi connectivity index (χ4n) is 4.22. The lowest BCUT2D eigenvalue weighted by molar-refractivity contribution is -0.147. The number of likely N-dealkylation sites (tertiary alicyclic amines) is 2. The van der Waals surface area contributed by atoms with Crippen LogP contribution in [0, 0.1) is 12.3 Å². The molecule has 3 fully saturated rings. The zero-order valence-corrected chi connectivity index (χ0v) is 14.6. The quantitative estimate of drug-likeness (QED) is 0.844. The number of hydrogen-bond donors (Lipinski definition) is 0. The van der Waals surface area contributed by atoms with E-state index in [1.807, 2.05) is 30.0 Å². The summed E-state index contributed by atoms with van der Waals surface area (Å²) in [7, 11) is 0. The number of amides is 2. The van der Waals surface area contributed by atoms with Crippen molar-refractivity contribution in [1.29, 1.82) is 0 Å². The van der Waals surface area contributed by atoms with Gasteiger partial charge < -0.3 is 9.80 Å². The summed E-state index contributed by atoms with van der Waals surface area (Å²) >= 11 is 0. The van der Waals surface area contributed by atoms with Gasteiger partial charge in [-0.1, -0.05) is 6.07 Å². The summed E-state index contributed by atoms with van der Waals surface area (Å²) < 4.78 is 14.2. The Balaban J connectivity index is 1.47. The van der Waals surface area contributed by atoms with E-state index in [-0.39, 0.29) is 5.91 Å². The maximum Gasteiger partial charge on any atom is 0.260 e. The van der Waals surface area contributed by atoms with E-state index < -0.39 is 17.0 Å². The highest BCUT2D eigenvalue weighted by atomic mass is 19.1. The van der Waals surface area contributed by atoms with Crippen molar-refractivity contribution in [3.05, 3.63) is 29.6 Å². The predicted molar refractivity (Wildman–Crippen MR) is 90.3 cm³/mol. The fourth-order valence-corrected chi connectivity index (χ4v) is 4.22. The lowest BCUT2D eigenvalue weighted by Crippen LogP contribution is -2.52. The lowest BCUT2D eigenvalue weighted by Gasteiger charge is -2.39. The molecule has 0 N–H and O–H groups in total. The number of piperidine rings is 1. The van der Waals surface area contributed by atoms with Crippen molar-refractivity contribution in [2.45, 2.75) is 51.2 Å². The molecule has 2 saturated heterocycles. The Labute approximate surface area is 147 Å². The monoisotopic (exact) mass is 345 g/mol. The van der Waals surface area contributed by atoms with Crippen LogP contribution >= 0.6 is 0 Å². The normalized spacial score (nSPS) is 27.8. The van der Waals surface area contributed by atoms with E-state index in [2.05, 4.69) is 4.98 Å². The number of aromatic nitrogens is 1. The molecule has 4 rings (SSSR count). The molecule has 3 heterocycles. The summed E-state index contributed by atoms with van der Waals surface area (Å²) in [5.41, 5.74) is -0.352. The van der Waals surface area contributed by atoms with Crippen molar-refractivity contribution in [2.24, 2.45) is 5.41 Å². The van der Waals surface area contributed by atoms with Crippen LogP contribution < -0.4 is 0 Å². The summed E-state index contributed by atoms with van der Waals surface area (Å²) in [6, 6.07) is 5.82. The predicted octanol–water partition coefficient (Wildman–Crippen LogP) is 2.23. The Morgan fingerprint density at radius 1 is 1.24 bits per heavy atom. The Kier molecular flexibility index (Phi) is 3.81. The highest BCUT2D eigenvalue weighted by molar-refractivity contribution is 5.90. The molecule has 1 unspecified atom stereocenters. The highest BCUT2D eigenvalue weighted by Crippen LogP contribution is 2.45. The highest BCUT2D eigenvalue weighted by Gasteiger charge is 2.56. The van der Waals surface area contributed by atoms with Crippen LogP contribution in [0.3, 0.4) is 0 Å². The van der Waals surface area contributed by atoms with E-state index in [1.165, 1.54) is 0 Å². The van der Waals surface area contributed by atoms with Gasteiger partial charge in [0.15, 0.2) is 5.67 Å². The number of halogens is 1. The van der Waals surface area contributed by atoms with Crippen LogP contribution in [0.15, 0.2) is 18.2 Å². The lowest BCUT2D eigenvalue weighted by atomic mass is 9.78. The maximum absolute atomic E-state index is 14.2. The molecule has 1 aromatic rings. The minimum Gasteiger partial charge on any atom is -0.339 e. The zero-order chi connectivity index (χ0) is 17.7. The fraction of sp³-hybridized carbons (Fsp3) is 0.632. The smallest absolute Gasteiger partial charge is 0.260 e. The molecule has 1 spiro atoms. The number of nitrogens with zero attached hydrogens (tertiary/aromatic N) is 3. The van der Waals surface area contributed by atoms with Gasteiger partial charge in [0, 0.05) is 25.3 Å². The molecule has 5 nitrogen and oxygen atoms in total. The van der Waals surface area contributed by atoms with Crippen molar-refractivity contribution in [3.63, 3.8) is 0 Å². The molecule has 0 aromatic carbocycles. The number of hydrogen-bond acceptors (Lipinski definition) is 3. The summed E-state index contributed by atoms with van der Waals surface area (Å²) in [6.45, 7) is 4.06. The number of rotatable bonds is 3. The van der Waals surface area contributed by atoms with E-state index >= 15 is 0 Å². The van der Waals surface area contributed by atoms with Gasteiger partial charge in [0.05, 0.1) is 17.7 Å². The molecule has 25 heavy (non-hydrogen) atoms. The van der Waals surface area contributed by atoms with Crippen LogP contribution in [0.1, 0.15) is 43.5 Å². The van der Waals surface area contributed by atoms with Crippen LogP contribution in [-0.4, -0.2) is 51.9 Å². The SMILES string of the molecule is Cc1cccc(CN2CCC3(CCCN(C(=O)C4(F)CC4)C3)C2=O)n1. The average molecular weight is 345 g/mol. The minimum absolute atomic E-state index is 0.0945. The van der Waals surface area contributed by atoms with Crippen molar-refractivity contribution in [1.82, 2.24) is 14.8 Å². The number of pyridine rings is 1. The largest absolute Gasteiger partial charge is 0.339 e. The Bertz CT molecular complexity index is 718. The first-order chi connectivity index (χ1) is 11.9. The van der Waals surface area contributed by atoms with E-state index in [1.54, 1.807) is 4.90 Å². The van der Waals surface area contributed by atoms with Gasteiger partial charge in [-0.05, 0) is 51.2 Å². The van der Waals surface area contributed by atoms with E-state index in [4.69, 9.17) is 0 Å². The van der Waals surface area contributed by atoms with Gasteiger partial charge in [0.1, 0.15) is 0 Å². The molecule has 1 atom stereocenters. The van der Waals surface area contributed by atoms with Crippen molar-refractivity contribution in [2.75, 3.05) is 19.6 Å². The minimum atomic E-state index is -1.65. The molecule has 0 bridgehead atoms. The van der Waals surface area contributed by atoms with Crippen molar-refractivity contribution >= 4 is 11.8 Å². The van der Waals surface area contributed by atoms with E-state index in [9.17, 15) is 14.0 Å². The molecule has 1 aromatic heterocycles. The first-order valence-corrected chi connectivity index (χ1v) is 9.12. The molecule has 1 aliphatic carbocycles. The molecule has 1 saturated carbocycles. The van der Waals surface area contributed by atoms with Crippen molar-refractivity contribution in [3.8, 4) is 0 Å². The molecule has 2 aliphatic heterocycles.